The molecule has 1 heterocycles. The number of rotatable bonds is 6. The van der Waals surface area contributed by atoms with Crippen molar-refractivity contribution in [3.05, 3.63) is 35.8 Å². The monoisotopic (exact) mass is 364 g/mol. The Morgan fingerprint density at radius 3 is 2.68 bits per heavy atom. The molecule has 0 aliphatic heterocycles. The lowest BCUT2D eigenvalue weighted by molar-refractivity contribution is -0.150. The van der Waals surface area contributed by atoms with Crippen LogP contribution in [0, 0.1) is 12.7 Å². The maximum atomic E-state index is 13.6. The number of amides is 1. The summed E-state index contributed by atoms with van der Waals surface area (Å²) in [6.45, 7) is 6.70. The third-order valence-electron chi connectivity index (χ3n) is 3.28. The molecule has 0 unspecified atom stereocenters. The molecule has 0 aliphatic carbocycles. The van der Waals surface area contributed by atoms with Crippen molar-refractivity contribution in [1.82, 2.24) is 10.3 Å². The summed E-state index contributed by atoms with van der Waals surface area (Å²) in [5.74, 6) is -0.870. The van der Waals surface area contributed by atoms with Crippen LogP contribution in [0.15, 0.2) is 29.2 Å². The molecule has 1 aromatic carbocycles. The van der Waals surface area contributed by atoms with Gasteiger partial charge < -0.3 is 10.1 Å². The smallest absolute Gasteiger partial charge is 0.329 e. The molecule has 1 atom stereocenters. The van der Waals surface area contributed by atoms with Crippen LogP contribution in [0.25, 0.3) is 10.9 Å². The molecule has 1 aromatic heterocycles. The summed E-state index contributed by atoms with van der Waals surface area (Å²) >= 11 is 1.36. The Kier molecular flexibility index (Phi) is 6.36. The van der Waals surface area contributed by atoms with Crippen LogP contribution in [0.3, 0.4) is 0 Å². The highest BCUT2D eigenvalue weighted by Gasteiger charge is 2.23. The van der Waals surface area contributed by atoms with E-state index in [0.29, 0.717) is 10.9 Å². The highest BCUT2D eigenvalue weighted by atomic mass is 32.2. The van der Waals surface area contributed by atoms with Gasteiger partial charge in [0.15, 0.2) is 0 Å². The Balaban J connectivity index is 2.24. The second kappa shape index (κ2) is 8.29. The lowest BCUT2D eigenvalue weighted by Crippen LogP contribution is -2.43. The summed E-state index contributed by atoms with van der Waals surface area (Å²) in [5.41, 5.74) is 1.48. The van der Waals surface area contributed by atoms with Crippen molar-refractivity contribution in [2.45, 2.75) is 44.7 Å². The molecular weight excluding hydrogens is 343 g/mol. The van der Waals surface area contributed by atoms with E-state index in [1.807, 2.05) is 13.0 Å². The summed E-state index contributed by atoms with van der Waals surface area (Å²) in [6, 6.07) is 5.47. The van der Waals surface area contributed by atoms with Gasteiger partial charge in [0.25, 0.3) is 0 Å². The molecule has 0 saturated heterocycles. The average Bonchev–Trinajstić information content (AvgIpc) is 2.50. The fourth-order valence-electron chi connectivity index (χ4n) is 2.31. The highest BCUT2D eigenvalue weighted by Crippen LogP contribution is 2.29. The number of carbonyl (C=O) groups is 2. The predicted octanol–water partition coefficient (Wildman–Crippen LogP) is 3.23. The molecule has 2 rings (SSSR count). The third-order valence-corrected chi connectivity index (χ3v) is 4.43. The number of aromatic nitrogens is 1. The largest absolute Gasteiger partial charge is 0.461 e. The second-order valence-electron chi connectivity index (χ2n) is 5.97. The summed E-state index contributed by atoms with van der Waals surface area (Å²) in [4.78, 5) is 28.7. The first-order valence-corrected chi connectivity index (χ1v) is 8.92. The first-order chi connectivity index (χ1) is 11.8. The summed E-state index contributed by atoms with van der Waals surface area (Å²) < 4.78 is 18.8. The number of benzene rings is 1. The number of hydrogen-bond donors (Lipinski definition) is 1. The maximum Gasteiger partial charge on any atom is 0.329 e. The number of ether oxygens (including phenoxy) is 1. The Morgan fingerprint density at radius 1 is 1.32 bits per heavy atom. The first kappa shape index (κ1) is 19.2. The average molecular weight is 364 g/mol. The van der Waals surface area contributed by atoms with Gasteiger partial charge in [-0.2, -0.15) is 0 Å². The van der Waals surface area contributed by atoms with Gasteiger partial charge in [0.2, 0.25) is 5.91 Å². The number of esters is 1. The SMILES string of the molecule is CC(=O)N[C@@H](CSc1cc(C)nc2ccc(F)cc12)C(=O)OC(C)C. The van der Waals surface area contributed by atoms with E-state index in [0.717, 1.165) is 10.6 Å². The number of aryl methyl sites for hydroxylation is 1. The number of nitrogens with zero attached hydrogens (tertiary/aromatic N) is 1. The van der Waals surface area contributed by atoms with Crippen LogP contribution in [0.1, 0.15) is 26.5 Å². The van der Waals surface area contributed by atoms with Gasteiger partial charge in [-0.25, -0.2) is 9.18 Å². The standard InChI is InChI=1S/C18H21FN2O3S/c1-10(2)24-18(23)16(21-12(4)22)9-25-17-7-11(3)20-15-6-5-13(19)8-14(15)17/h5-8,10,16H,9H2,1-4H3,(H,21,22)/t16-/m0/s1. The highest BCUT2D eigenvalue weighted by molar-refractivity contribution is 7.99. The normalized spacial score (nSPS) is 12.2. The number of hydrogen-bond acceptors (Lipinski definition) is 5. The van der Waals surface area contributed by atoms with Gasteiger partial charge in [0.05, 0.1) is 11.6 Å². The first-order valence-electron chi connectivity index (χ1n) is 7.93. The van der Waals surface area contributed by atoms with Crippen LogP contribution in [0.4, 0.5) is 4.39 Å². The number of fused-ring (bicyclic) bond motifs is 1. The van der Waals surface area contributed by atoms with Crippen molar-refractivity contribution in [3.8, 4) is 0 Å². The van der Waals surface area contributed by atoms with Crippen molar-refractivity contribution in [3.63, 3.8) is 0 Å². The van der Waals surface area contributed by atoms with Crippen LogP contribution in [-0.2, 0) is 14.3 Å². The molecule has 0 bridgehead atoms. The molecule has 0 radical (unpaired) electrons. The zero-order chi connectivity index (χ0) is 18.6. The minimum Gasteiger partial charge on any atom is -0.461 e. The Labute approximate surface area is 150 Å². The van der Waals surface area contributed by atoms with Gasteiger partial charge in [-0.05, 0) is 45.0 Å². The van der Waals surface area contributed by atoms with E-state index in [4.69, 9.17) is 4.74 Å². The van der Waals surface area contributed by atoms with Gasteiger partial charge in [-0.3, -0.25) is 9.78 Å². The van der Waals surface area contributed by atoms with Crippen LogP contribution in [-0.4, -0.2) is 34.8 Å². The fourth-order valence-corrected chi connectivity index (χ4v) is 3.45. The van der Waals surface area contributed by atoms with Crippen LogP contribution in [0.2, 0.25) is 0 Å². The van der Waals surface area contributed by atoms with Crippen molar-refractivity contribution < 1.29 is 18.7 Å². The zero-order valence-electron chi connectivity index (χ0n) is 14.6. The molecule has 1 N–H and O–H groups in total. The van der Waals surface area contributed by atoms with E-state index in [2.05, 4.69) is 10.3 Å². The van der Waals surface area contributed by atoms with E-state index in [1.54, 1.807) is 19.9 Å². The van der Waals surface area contributed by atoms with Crippen molar-refractivity contribution in [2.24, 2.45) is 0 Å². The van der Waals surface area contributed by atoms with Crippen LogP contribution in [0.5, 0.6) is 0 Å². The lowest BCUT2D eigenvalue weighted by Gasteiger charge is -2.18. The number of halogens is 1. The van der Waals surface area contributed by atoms with E-state index in [1.165, 1.54) is 30.8 Å². The number of carbonyl (C=O) groups excluding carboxylic acids is 2. The molecular formula is C18H21FN2O3S. The van der Waals surface area contributed by atoms with E-state index in [-0.39, 0.29) is 23.6 Å². The third kappa shape index (κ3) is 5.42. The minimum absolute atomic E-state index is 0.271. The van der Waals surface area contributed by atoms with Crippen molar-refractivity contribution in [1.29, 1.82) is 0 Å². The van der Waals surface area contributed by atoms with Crippen molar-refractivity contribution in [2.75, 3.05) is 5.75 Å². The number of pyridine rings is 1. The van der Waals surface area contributed by atoms with Gasteiger partial charge in [-0.15, -0.1) is 11.8 Å². The Bertz CT molecular complexity index is 795. The Morgan fingerprint density at radius 2 is 2.04 bits per heavy atom. The van der Waals surface area contributed by atoms with Crippen LogP contribution < -0.4 is 5.32 Å². The fraction of sp³-hybridized carbons (Fsp3) is 0.389. The molecule has 1 amide bonds. The molecule has 0 saturated carbocycles. The van der Waals surface area contributed by atoms with E-state index >= 15 is 0 Å². The van der Waals surface area contributed by atoms with Gasteiger partial charge in [-0.1, -0.05) is 0 Å². The molecule has 0 aliphatic rings. The molecule has 134 valence electrons. The molecule has 25 heavy (non-hydrogen) atoms. The molecule has 0 fully saturated rings. The topological polar surface area (TPSA) is 68.3 Å². The number of nitrogens with one attached hydrogen (secondary N) is 1. The lowest BCUT2D eigenvalue weighted by atomic mass is 10.2. The predicted molar refractivity (Wildman–Crippen MR) is 96.0 cm³/mol. The van der Waals surface area contributed by atoms with E-state index < -0.39 is 12.0 Å². The van der Waals surface area contributed by atoms with Crippen LogP contribution >= 0.6 is 11.8 Å². The summed E-state index contributed by atoms with van der Waals surface area (Å²) in [7, 11) is 0. The maximum absolute atomic E-state index is 13.6. The second-order valence-corrected chi connectivity index (χ2v) is 7.03. The summed E-state index contributed by atoms with van der Waals surface area (Å²) in [6.07, 6.45) is -0.271. The van der Waals surface area contributed by atoms with Gasteiger partial charge in [0.1, 0.15) is 11.9 Å². The van der Waals surface area contributed by atoms with Gasteiger partial charge in [0, 0.05) is 28.7 Å². The summed E-state index contributed by atoms with van der Waals surface area (Å²) in [5, 5.41) is 3.28. The minimum atomic E-state index is -0.776. The quantitative estimate of drug-likeness (QED) is 0.630. The molecule has 5 nitrogen and oxygen atoms in total. The van der Waals surface area contributed by atoms with Crippen molar-refractivity contribution >= 4 is 34.5 Å². The molecule has 7 heteroatoms. The molecule has 0 spiro atoms. The van der Waals surface area contributed by atoms with Gasteiger partial charge >= 0.3 is 5.97 Å². The number of thioether (sulfide) groups is 1. The zero-order valence-corrected chi connectivity index (χ0v) is 15.4. The molecule has 2 aromatic rings. The van der Waals surface area contributed by atoms with E-state index in [9.17, 15) is 14.0 Å². The Hall–Kier alpha value is -2.15.